The third-order valence-corrected chi connectivity index (χ3v) is 9.07. The smallest absolute Gasteiger partial charge is 0.416 e. The van der Waals surface area contributed by atoms with E-state index in [1.807, 2.05) is 4.90 Å². The number of hydrogen-bond acceptors (Lipinski definition) is 8. The van der Waals surface area contributed by atoms with E-state index in [0.717, 1.165) is 4.90 Å². The largest absolute Gasteiger partial charge is 0.481 e. The fourth-order valence-electron chi connectivity index (χ4n) is 6.43. The number of aromatic nitrogens is 3. The summed E-state index contributed by atoms with van der Waals surface area (Å²) in [5, 5.41) is 10.1. The van der Waals surface area contributed by atoms with Gasteiger partial charge in [-0.1, -0.05) is 6.92 Å². The number of piperidine rings is 1. The molecule has 1 aromatic carbocycles. The summed E-state index contributed by atoms with van der Waals surface area (Å²) in [6, 6.07) is 4.36. The van der Waals surface area contributed by atoms with Gasteiger partial charge in [0, 0.05) is 31.5 Å². The molecule has 48 heavy (non-hydrogen) atoms. The Bertz CT molecular complexity index is 1680. The van der Waals surface area contributed by atoms with Crippen LogP contribution in [-0.4, -0.2) is 57.8 Å². The van der Waals surface area contributed by atoms with Crippen LogP contribution in [0.15, 0.2) is 36.5 Å². The number of amides is 1. The van der Waals surface area contributed by atoms with E-state index in [-0.39, 0.29) is 65.0 Å². The van der Waals surface area contributed by atoms with Crippen LogP contribution < -0.4 is 20.3 Å². The molecule has 1 saturated heterocycles. The van der Waals surface area contributed by atoms with Crippen molar-refractivity contribution < 1.29 is 45.8 Å². The zero-order valence-corrected chi connectivity index (χ0v) is 26.3. The van der Waals surface area contributed by atoms with Crippen LogP contribution in [0.2, 0.25) is 0 Å². The molecule has 2 atom stereocenters. The fourth-order valence-corrected chi connectivity index (χ4v) is 6.43. The first-order valence-electron chi connectivity index (χ1n) is 15.2. The maximum Gasteiger partial charge on any atom is 0.416 e. The number of pyridine rings is 1. The minimum Gasteiger partial charge on any atom is -0.481 e. The van der Waals surface area contributed by atoms with Gasteiger partial charge in [-0.15, -0.1) is 0 Å². The van der Waals surface area contributed by atoms with Gasteiger partial charge in [-0.25, -0.2) is 19.7 Å². The summed E-state index contributed by atoms with van der Waals surface area (Å²) >= 11 is 0. The molecule has 1 fully saturated rings. The molecule has 0 unspecified atom stereocenters. The molecule has 0 aliphatic carbocycles. The zero-order chi connectivity index (χ0) is 35.2. The molecule has 258 valence electrons. The maximum absolute atomic E-state index is 13.7. The van der Waals surface area contributed by atoms with E-state index >= 15 is 0 Å². The lowest BCUT2D eigenvalue weighted by molar-refractivity contribution is -0.143. The van der Waals surface area contributed by atoms with Crippen molar-refractivity contribution >= 4 is 23.3 Å². The number of hydrogen-bond donors (Lipinski definition) is 2. The molecule has 16 heteroatoms. The first-order chi connectivity index (χ1) is 22.4. The molecule has 0 bridgehead atoms. The molecule has 0 saturated carbocycles. The number of ether oxygens (including phenoxy) is 1. The number of anilines is 2. The third-order valence-electron chi connectivity index (χ3n) is 9.07. The molecular weight excluding hydrogens is 646 g/mol. The lowest BCUT2D eigenvalue weighted by Crippen LogP contribution is -2.61. The van der Waals surface area contributed by atoms with Crippen molar-refractivity contribution in [2.45, 2.75) is 69.9 Å². The van der Waals surface area contributed by atoms with E-state index < -0.39 is 47.6 Å². The van der Waals surface area contributed by atoms with E-state index in [2.05, 4.69) is 9.97 Å². The van der Waals surface area contributed by atoms with Gasteiger partial charge >= 0.3 is 18.4 Å². The Hall–Kier alpha value is -4.47. The number of nitrogens with two attached hydrogens (primary N) is 1. The number of carboxylic acid groups (broad SMARTS) is 1. The Morgan fingerprint density at radius 2 is 1.65 bits per heavy atom. The van der Waals surface area contributed by atoms with Crippen molar-refractivity contribution in [1.29, 1.82) is 0 Å². The van der Waals surface area contributed by atoms with Gasteiger partial charge in [0.2, 0.25) is 5.88 Å². The van der Waals surface area contributed by atoms with Gasteiger partial charge in [-0.05, 0) is 62.4 Å². The SMILES string of the molecule is CC[C@]1(N)C[C@H](c2ncc(N3CCC(C(C)=O)CC3)c(Cc3cc(C(F)(F)F)cc(C(F)(F)F)c3)n2)c2nc(OC)ccc2N1C(=O)O. The number of benzene rings is 1. The van der Waals surface area contributed by atoms with Crippen LogP contribution in [0.1, 0.15) is 79.4 Å². The second-order valence-corrected chi connectivity index (χ2v) is 12.1. The number of alkyl halides is 6. The number of carbonyl (C=O) groups is 2. The predicted molar refractivity (Wildman–Crippen MR) is 162 cm³/mol. The number of rotatable bonds is 7. The summed E-state index contributed by atoms with van der Waals surface area (Å²) in [5.74, 6) is -0.698. The van der Waals surface area contributed by atoms with Gasteiger partial charge in [-0.3, -0.25) is 9.69 Å². The second kappa shape index (κ2) is 12.9. The van der Waals surface area contributed by atoms with Crippen LogP contribution in [0.5, 0.6) is 5.88 Å². The minimum atomic E-state index is -5.04. The van der Waals surface area contributed by atoms with Crippen LogP contribution in [-0.2, 0) is 23.6 Å². The van der Waals surface area contributed by atoms with Crippen molar-refractivity contribution in [1.82, 2.24) is 15.0 Å². The Balaban J connectivity index is 1.66. The van der Waals surface area contributed by atoms with Crippen molar-refractivity contribution in [3.63, 3.8) is 0 Å². The normalized spacial score (nSPS) is 20.4. The number of nitrogens with zero attached hydrogens (tertiary/aromatic N) is 5. The number of Topliss-reactive ketones (excluding diaryl/α,β-unsaturated/α-hetero) is 1. The highest BCUT2D eigenvalue weighted by atomic mass is 19.4. The van der Waals surface area contributed by atoms with E-state index in [4.69, 9.17) is 15.5 Å². The second-order valence-electron chi connectivity index (χ2n) is 12.1. The van der Waals surface area contributed by atoms with Gasteiger partial charge < -0.3 is 20.5 Å². The zero-order valence-electron chi connectivity index (χ0n) is 26.3. The van der Waals surface area contributed by atoms with Crippen LogP contribution >= 0.6 is 0 Å². The van der Waals surface area contributed by atoms with Crippen molar-refractivity contribution in [3.8, 4) is 5.88 Å². The summed E-state index contributed by atoms with van der Waals surface area (Å²) < 4.78 is 87.8. The summed E-state index contributed by atoms with van der Waals surface area (Å²) in [6.07, 6.45) is -9.22. The highest BCUT2D eigenvalue weighted by molar-refractivity contribution is 5.89. The summed E-state index contributed by atoms with van der Waals surface area (Å²) in [6.45, 7) is 3.98. The number of ketones is 1. The van der Waals surface area contributed by atoms with Gasteiger partial charge in [0.05, 0.1) is 53.1 Å². The van der Waals surface area contributed by atoms with E-state index in [1.165, 1.54) is 32.4 Å². The van der Waals surface area contributed by atoms with Crippen molar-refractivity contribution in [2.75, 3.05) is 30.0 Å². The van der Waals surface area contributed by atoms with Gasteiger partial charge in [-0.2, -0.15) is 26.3 Å². The predicted octanol–water partition coefficient (Wildman–Crippen LogP) is 6.40. The maximum atomic E-state index is 13.7. The molecular formula is C32H34F6N6O4. The topological polar surface area (TPSA) is 135 Å². The van der Waals surface area contributed by atoms with E-state index in [1.54, 1.807) is 6.92 Å². The van der Waals surface area contributed by atoms with Crippen molar-refractivity contribution in [2.24, 2.45) is 11.7 Å². The average molecular weight is 681 g/mol. The van der Waals surface area contributed by atoms with Gasteiger partial charge in [0.1, 0.15) is 17.3 Å². The molecule has 2 aliphatic rings. The first-order valence-corrected chi connectivity index (χ1v) is 15.2. The average Bonchev–Trinajstić information content (AvgIpc) is 3.03. The monoisotopic (exact) mass is 680 g/mol. The summed E-state index contributed by atoms with van der Waals surface area (Å²) in [5.41, 5.74) is 2.99. The highest BCUT2D eigenvalue weighted by Crippen LogP contribution is 2.45. The molecule has 2 aromatic heterocycles. The molecule has 0 spiro atoms. The molecule has 10 nitrogen and oxygen atoms in total. The Morgan fingerprint density at radius 3 is 2.17 bits per heavy atom. The van der Waals surface area contributed by atoms with Gasteiger partial charge in [0.15, 0.2) is 0 Å². The number of methoxy groups -OCH3 is 1. The molecule has 2 aliphatic heterocycles. The van der Waals surface area contributed by atoms with Crippen LogP contribution in [0.25, 0.3) is 0 Å². The molecule has 4 heterocycles. The summed E-state index contributed by atoms with van der Waals surface area (Å²) in [4.78, 5) is 41.1. The quantitative estimate of drug-likeness (QED) is 0.272. The fraction of sp³-hybridized carbons (Fsp3) is 0.469. The Kier molecular flexibility index (Phi) is 9.34. The number of fused-ring (bicyclic) bond motifs is 1. The molecule has 0 radical (unpaired) electrons. The Labute approximate surface area is 271 Å². The Morgan fingerprint density at radius 1 is 1.02 bits per heavy atom. The number of halogens is 6. The molecule has 5 rings (SSSR count). The van der Waals surface area contributed by atoms with E-state index in [0.29, 0.717) is 43.8 Å². The standard InChI is InChI=1S/C32H34F6N6O4/c1-4-30(39)15-22(27-24(44(30)29(46)47)5-6-26(42-27)48-3)28-40-16-25(43-9-7-19(8-10-43)17(2)45)23(41-28)13-18-11-20(31(33,34)35)14-21(12-18)32(36,37)38/h5-6,11-12,14,16,19,22H,4,7-10,13,15,39H2,1-3H3,(H,46,47)/t22-,30+/m0/s1. The van der Waals surface area contributed by atoms with Crippen LogP contribution in [0.3, 0.4) is 0 Å². The lowest BCUT2D eigenvalue weighted by Gasteiger charge is -2.45. The van der Waals surface area contributed by atoms with E-state index in [9.17, 15) is 41.0 Å². The lowest BCUT2D eigenvalue weighted by atomic mass is 9.83. The highest BCUT2D eigenvalue weighted by Gasteiger charge is 2.47. The summed E-state index contributed by atoms with van der Waals surface area (Å²) in [7, 11) is 1.38. The molecule has 3 N–H and O–H groups in total. The molecule has 3 aromatic rings. The van der Waals surface area contributed by atoms with Crippen LogP contribution in [0.4, 0.5) is 42.5 Å². The van der Waals surface area contributed by atoms with Crippen molar-refractivity contribution in [3.05, 3.63) is 70.4 Å². The molecule has 1 amide bonds. The third kappa shape index (κ3) is 6.89. The first kappa shape index (κ1) is 34.9. The van der Waals surface area contributed by atoms with Gasteiger partial charge in [0.25, 0.3) is 0 Å². The van der Waals surface area contributed by atoms with Crippen LogP contribution in [0, 0.1) is 5.92 Å². The minimum absolute atomic E-state index is 0.0283. The number of carbonyl (C=O) groups excluding carboxylic acids is 1.